The van der Waals surface area contributed by atoms with Crippen molar-refractivity contribution in [3.05, 3.63) is 59.9 Å². The number of rotatable bonds is 9. The summed E-state index contributed by atoms with van der Waals surface area (Å²) in [6.45, 7) is 2.16. The summed E-state index contributed by atoms with van der Waals surface area (Å²) in [6.07, 6.45) is -0.731. The maximum absolute atomic E-state index is 13.1. The number of ether oxygens (including phenoxy) is 2. The van der Waals surface area contributed by atoms with Crippen LogP contribution in [0.25, 0.3) is 11.4 Å². The molecule has 9 heteroatoms. The lowest BCUT2D eigenvalue weighted by Gasteiger charge is -2.12. The fraction of sp³-hybridized carbons (Fsp3) is 0.286. The number of halogens is 1. The Kier molecular flexibility index (Phi) is 7.42. The van der Waals surface area contributed by atoms with Crippen LogP contribution in [0.1, 0.15) is 17.3 Å². The van der Waals surface area contributed by atoms with Gasteiger partial charge in [0, 0.05) is 18.4 Å². The molecule has 1 unspecified atom stereocenters. The van der Waals surface area contributed by atoms with Gasteiger partial charge >= 0.3 is 5.97 Å². The molecule has 0 fully saturated rings. The summed E-state index contributed by atoms with van der Waals surface area (Å²) in [7, 11) is 1.81. The Morgan fingerprint density at radius 2 is 1.87 bits per heavy atom. The largest absolute Gasteiger partial charge is 0.491 e. The number of esters is 1. The van der Waals surface area contributed by atoms with Crippen molar-refractivity contribution >= 4 is 17.7 Å². The number of thioether (sulfide) groups is 1. The van der Waals surface area contributed by atoms with Crippen molar-refractivity contribution in [2.75, 3.05) is 19.0 Å². The van der Waals surface area contributed by atoms with Crippen LogP contribution in [-0.4, -0.2) is 50.9 Å². The highest BCUT2D eigenvalue weighted by molar-refractivity contribution is 7.99. The molecule has 0 bridgehead atoms. The molecule has 0 aliphatic rings. The standard InChI is InChI=1S/C21H22FN3O4S/c1-3-28-20(27)15-6-10-18(11-7-15)29-12-17(26)13-30-21-24-23-19(25(21)2)14-4-8-16(22)9-5-14/h4-11,17,26H,3,12-13H2,1-2H3. The van der Waals surface area contributed by atoms with Crippen LogP contribution in [0.3, 0.4) is 0 Å². The van der Waals surface area contributed by atoms with Crippen molar-refractivity contribution < 1.29 is 23.8 Å². The highest BCUT2D eigenvalue weighted by Crippen LogP contribution is 2.23. The van der Waals surface area contributed by atoms with Gasteiger partial charge in [-0.2, -0.15) is 0 Å². The summed E-state index contributed by atoms with van der Waals surface area (Å²) >= 11 is 1.34. The maximum Gasteiger partial charge on any atom is 0.338 e. The van der Waals surface area contributed by atoms with E-state index in [0.717, 1.165) is 5.56 Å². The van der Waals surface area contributed by atoms with Crippen LogP contribution in [0.4, 0.5) is 4.39 Å². The lowest BCUT2D eigenvalue weighted by molar-refractivity contribution is 0.0526. The lowest BCUT2D eigenvalue weighted by Crippen LogP contribution is -2.20. The first kappa shape index (κ1) is 21.8. The number of hydrogen-bond acceptors (Lipinski definition) is 7. The molecule has 30 heavy (non-hydrogen) atoms. The second-order valence-electron chi connectivity index (χ2n) is 6.39. The first-order chi connectivity index (χ1) is 14.5. The van der Waals surface area contributed by atoms with Crippen molar-refractivity contribution in [3.8, 4) is 17.1 Å². The molecule has 1 N–H and O–H groups in total. The first-order valence-corrected chi connectivity index (χ1v) is 10.3. The summed E-state index contributed by atoms with van der Waals surface area (Å²) in [4.78, 5) is 11.6. The summed E-state index contributed by atoms with van der Waals surface area (Å²) in [6, 6.07) is 12.6. The number of carbonyl (C=O) groups is 1. The molecule has 0 saturated carbocycles. The van der Waals surface area contributed by atoms with Crippen molar-refractivity contribution in [1.82, 2.24) is 14.8 Å². The third-order valence-corrected chi connectivity index (χ3v) is 5.32. The van der Waals surface area contributed by atoms with Crippen molar-refractivity contribution in [2.45, 2.75) is 18.2 Å². The Bertz CT molecular complexity index is 977. The average molecular weight is 431 g/mol. The minimum absolute atomic E-state index is 0.0917. The van der Waals surface area contributed by atoms with Gasteiger partial charge in [-0.15, -0.1) is 10.2 Å². The lowest BCUT2D eigenvalue weighted by atomic mass is 10.2. The highest BCUT2D eigenvalue weighted by atomic mass is 32.2. The number of nitrogens with zero attached hydrogens (tertiary/aromatic N) is 3. The molecule has 1 atom stereocenters. The Balaban J connectivity index is 1.50. The van der Waals surface area contributed by atoms with Crippen LogP contribution >= 0.6 is 11.8 Å². The van der Waals surface area contributed by atoms with Crippen LogP contribution < -0.4 is 4.74 Å². The molecule has 0 aliphatic heterocycles. The number of aromatic nitrogens is 3. The van der Waals surface area contributed by atoms with E-state index in [2.05, 4.69) is 10.2 Å². The van der Waals surface area contributed by atoms with Gasteiger partial charge in [-0.3, -0.25) is 0 Å². The predicted molar refractivity (Wildman–Crippen MR) is 111 cm³/mol. The van der Waals surface area contributed by atoms with Gasteiger partial charge in [-0.05, 0) is 55.5 Å². The second-order valence-corrected chi connectivity index (χ2v) is 7.38. The molecule has 3 rings (SSSR count). The van der Waals surface area contributed by atoms with E-state index in [0.29, 0.717) is 34.7 Å². The fourth-order valence-corrected chi connectivity index (χ4v) is 3.42. The van der Waals surface area contributed by atoms with Crippen LogP contribution in [0.15, 0.2) is 53.7 Å². The number of carbonyl (C=O) groups excluding carboxylic acids is 1. The Hall–Kier alpha value is -2.91. The fourth-order valence-electron chi connectivity index (χ4n) is 2.60. The quantitative estimate of drug-likeness (QED) is 0.411. The van der Waals surface area contributed by atoms with E-state index in [1.54, 1.807) is 47.9 Å². The molecule has 1 aromatic heterocycles. The van der Waals surface area contributed by atoms with Gasteiger partial charge in [-0.1, -0.05) is 11.8 Å². The summed E-state index contributed by atoms with van der Waals surface area (Å²) in [5.41, 5.74) is 1.20. The monoisotopic (exact) mass is 431 g/mol. The van der Waals surface area contributed by atoms with E-state index in [4.69, 9.17) is 9.47 Å². The number of aliphatic hydroxyl groups excluding tert-OH is 1. The van der Waals surface area contributed by atoms with Crippen LogP contribution in [-0.2, 0) is 11.8 Å². The molecule has 1 heterocycles. The van der Waals surface area contributed by atoms with Gasteiger partial charge in [0.1, 0.15) is 18.2 Å². The number of aliphatic hydroxyl groups is 1. The van der Waals surface area contributed by atoms with Gasteiger partial charge in [0.25, 0.3) is 0 Å². The number of hydrogen-bond donors (Lipinski definition) is 1. The third kappa shape index (κ3) is 5.58. The van der Waals surface area contributed by atoms with E-state index in [1.807, 2.05) is 7.05 Å². The molecule has 7 nitrogen and oxygen atoms in total. The third-order valence-electron chi connectivity index (χ3n) is 4.15. The predicted octanol–water partition coefficient (Wildman–Crippen LogP) is 3.33. The minimum Gasteiger partial charge on any atom is -0.491 e. The average Bonchev–Trinajstić information content (AvgIpc) is 3.12. The molecule has 0 saturated heterocycles. The molecule has 2 aromatic carbocycles. The van der Waals surface area contributed by atoms with Crippen molar-refractivity contribution in [1.29, 1.82) is 0 Å². The summed E-state index contributed by atoms with van der Waals surface area (Å²) in [5.74, 6) is 0.823. The normalized spacial score (nSPS) is 11.9. The van der Waals surface area contributed by atoms with Crippen molar-refractivity contribution in [2.24, 2.45) is 7.05 Å². The highest BCUT2D eigenvalue weighted by Gasteiger charge is 2.14. The van der Waals surface area contributed by atoms with E-state index < -0.39 is 6.10 Å². The molecule has 0 radical (unpaired) electrons. The van der Waals surface area contributed by atoms with E-state index in [1.165, 1.54) is 23.9 Å². The van der Waals surface area contributed by atoms with E-state index >= 15 is 0 Å². The molecule has 0 spiro atoms. The van der Waals surface area contributed by atoms with E-state index in [-0.39, 0.29) is 18.4 Å². The first-order valence-electron chi connectivity index (χ1n) is 9.34. The Labute approximate surface area is 177 Å². The van der Waals surface area contributed by atoms with Crippen molar-refractivity contribution in [3.63, 3.8) is 0 Å². The summed E-state index contributed by atoms with van der Waals surface area (Å²) < 4.78 is 25.4. The van der Waals surface area contributed by atoms with Gasteiger partial charge in [-0.25, -0.2) is 9.18 Å². The molecule has 0 amide bonds. The molecular formula is C21H22FN3O4S. The molecular weight excluding hydrogens is 409 g/mol. The Morgan fingerprint density at radius 3 is 2.53 bits per heavy atom. The minimum atomic E-state index is -0.731. The summed E-state index contributed by atoms with van der Waals surface area (Å²) in [5, 5.41) is 19.1. The van der Waals surface area contributed by atoms with Gasteiger partial charge in [0.05, 0.1) is 18.3 Å². The number of benzene rings is 2. The van der Waals surface area contributed by atoms with Gasteiger partial charge in [0.15, 0.2) is 11.0 Å². The van der Waals surface area contributed by atoms with Crippen LogP contribution in [0.5, 0.6) is 5.75 Å². The van der Waals surface area contributed by atoms with E-state index in [9.17, 15) is 14.3 Å². The molecule has 0 aliphatic carbocycles. The van der Waals surface area contributed by atoms with Crippen LogP contribution in [0, 0.1) is 5.82 Å². The second kappa shape index (κ2) is 10.2. The van der Waals surface area contributed by atoms with Gasteiger partial charge < -0.3 is 19.1 Å². The SMILES string of the molecule is CCOC(=O)c1ccc(OCC(O)CSc2nnc(-c3ccc(F)cc3)n2C)cc1. The topological polar surface area (TPSA) is 86.5 Å². The zero-order chi connectivity index (χ0) is 21.5. The molecule has 158 valence electrons. The molecule has 3 aromatic rings. The zero-order valence-electron chi connectivity index (χ0n) is 16.6. The van der Waals surface area contributed by atoms with Gasteiger partial charge in [0.2, 0.25) is 0 Å². The smallest absolute Gasteiger partial charge is 0.338 e. The Morgan fingerprint density at radius 1 is 1.17 bits per heavy atom. The zero-order valence-corrected chi connectivity index (χ0v) is 17.4. The van der Waals surface area contributed by atoms with Crippen LogP contribution in [0.2, 0.25) is 0 Å². The maximum atomic E-state index is 13.1.